The van der Waals surface area contributed by atoms with E-state index in [4.69, 9.17) is 28.9 Å². The fourth-order valence-electron chi connectivity index (χ4n) is 1.27. The SMILES string of the molecule is Nc1ccc(Sc2ccc(Cl)c(Cl)c2)c(I)c1. The van der Waals surface area contributed by atoms with Gasteiger partial charge in [-0.1, -0.05) is 35.0 Å². The fraction of sp³-hybridized carbons (Fsp3) is 0. The zero-order valence-electron chi connectivity index (χ0n) is 8.58. The van der Waals surface area contributed by atoms with Gasteiger partial charge in [-0.3, -0.25) is 0 Å². The minimum atomic E-state index is 0.571. The summed E-state index contributed by atoms with van der Waals surface area (Å²) >= 11 is 15.8. The third kappa shape index (κ3) is 3.44. The molecule has 2 rings (SSSR count). The van der Waals surface area contributed by atoms with Gasteiger partial charge in [-0.05, 0) is 59.0 Å². The molecule has 0 spiro atoms. The first-order valence-corrected chi connectivity index (χ1v) is 7.39. The van der Waals surface area contributed by atoms with Gasteiger partial charge in [0.15, 0.2) is 0 Å². The Labute approximate surface area is 128 Å². The third-order valence-corrected chi connectivity index (χ3v) is 5.14. The van der Waals surface area contributed by atoms with Crippen LogP contribution in [0.5, 0.6) is 0 Å². The second-order valence-electron chi connectivity index (χ2n) is 3.37. The van der Waals surface area contributed by atoms with Crippen molar-refractivity contribution in [3.05, 3.63) is 50.0 Å². The number of nitrogens with two attached hydrogens (primary N) is 1. The smallest absolute Gasteiger partial charge is 0.0603 e. The number of halogens is 3. The summed E-state index contributed by atoms with van der Waals surface area (Å²) in [7, 11) is 0. The maximum absolute atomic E-state index is 5.98. The van der Waals surface area contributed by atoms with Crippen LogP contribution in [0, 0.1) is 3.57 Å². The van der Waals surface area contributed by atoms with E-state index in [0.29, 0.717) is 10.0 Å². The average molecular weight is 396 g/mol. The number of benzene rings is 2. The molecule has 0 radical (unpaired) electrons. The maximum atomic E-state index is 5.98. The quantitative estimate of drug-likeness (QED) is 0.549. The van der Waals surface area contributed by atoms with Gasteiger partial charge in [-0.15, -0.1) is 0 Å². The predicted molar refractivity (Wildman–Crippen MR) is 84.2 cm³/mol. The van der Waals surface area contributed by atoms with E-state index < -0.39 is 0 Å². The molecule has 0 aliphatic heterocycles. The van der Waals surface area contributed by atoms with E-state index in [0.717, 1.165) is 19.0 Å². The van der Waals surface area contributed by atoms with Crippen LogP contribution < -0.4 is 5.73 Å². The average Bonchev–Trinajstić information content (AvgIpc) is 2.27. The standard InChI is InChI=1S/C12H8Cl2INS/c13-9-3-2-8(6-10(9)14)17-12-4-1-7(16)5-11(12)15/h1-6H,16H2. The summed E-state index contributed by atoms with van der Waals surface area (Å²) in [6, 6.07) is 11.5. The first kappa shape index (κ1) is 13.3. The molecule has 0 aliphatic rings. The summed E-state index contributed by atoms with van der Waals surface area (Å²) in [6.45, 7) is 0. The maximum Gasteiger partial charge on any atom is 0.0603 e. The van der Waals surface area contributed by atoms with Gasteiger partial charge < -0.3 is 5.73 Å². The molecule has 0 saturated carbocycles. The third-order valence-electron chi connectivity index (χ3n) is 2.07. The van der Waals surface area contributed by atoms with Gasteiger partial charge in [0.1, 0.15) is 0 Å². The number of nitrogen functional groups attached to an aromatic ring is 1. The Hall–Kier alpha value is -0.100. The zero-order chi connectivity index (χ0) is 12.4. The lowest BCUT2D eigenvalue weighted by Gasteiger charge is -2.06. The summed E-state index contributed by atoms with van der Waals surface area (Å²) in [5.41, 5.74) is 6.48. The van der Waals surface area contributed by atoms with Gasteiger partial charge in [0.25, 0.3) is 0 Å². The summed E-state index contributed by atoms with van der Waals surface area (Å²) in [5.74, 6) is 0. The number of anilines is 1. The minimum Gasteiger partial charge on any atom is -0.399 e. The Bertz CT molecular complexity index is 560. The van der Waals surface area contributed by atoms with Crippen LogP contribution in [0.4, 0.5) is 5.69 Å². The molecule has 0 bridgehead atoms. The van der Waals surface area contributed by atoms with Crippen molar-refractivity contribution < 1.29 is 0 Å². The Morgan fingerprint density at radius 3 is 2.41 bits per heavy atom. The van der Waals surface area contributed by atoms with Crippen molar-refractivity contribution in [1.29, 1.82) is 0 Å². The van der Waals surface area contributed by atoms with Crippen LogP contribution in [0.2, 0.25) is 10.0 Å². The number of hydrogen-bond acceptors (Lipinski definition) is 2. The molecule has 2 aromatic carbocycles. The van der Waals surface area contributed by atoms with Crippen molar-refractivity contribution in [2.24, 2.45) is 0 Å². The largest absolute Gasteiger partial charge is 0.399 e. The summed E-state index contributed by atoms with van der Waals surface area (Å²) < 4.78 is 1.12. The van der Waals surface area contributed by atoms with Crippen molar-refractivity contribution in [1.82, 2.24) is 0 Å². The van der Waals surface area contributed by atoms with Gasteiger partial charge >= 0.3 is 0 Å². The molecule has 5 heteroatoms. The van der Waals surface area contributed by atoms with E-state index in [9.17, 15) is 0 Å². The van der Waals surface area contributed by atoms with E-state index in [2.05, 4.69) is 22.6 Å². The first-order valence-electron chi connectivity index (χ1n) is 4.74. The highest BCUT2D eigenvalue weighted by atomic mass is 127. The van der Waals surface area contributed by atoms with Crippen LogP contribution in [0.1, 0.15) is 0 Å². The van der Waals surface area contributed by atoms with Crippen molar-refractivity contribution >= 4 is 63.2 Å². The summed E-state index contributed by atoms with van der Waals surface area (Å²) in [4.78, 5) is 2.21. The van der Waals surface area contributed by atoms with Gasteiger partial charge in [0.2, 0.25) is 0 Å². The summed E-state index contributed by atoms with van der Waals surface area (Å²) in [6.07, 6.45) is 0. The molecule has 17 heavy (non-hydrogen) atoms. The lowest BCUT2D eigenvalue weighted by molar-refractivity contribution is 1.37. The monoisotopic (exact) mass is 395 g/mol. The highest BCUT2D eigenvalue weighted by Crippen LogP contribution is 2.35. The summed E-state index contributed by atoms with van der Waals surface area (Å²) in [5, 5.41) is 1.14. The van der Waals surface area contributed by atoms with Crippen molar-refractivity contribution in [2.45, 2.75) is 9.79 Å². The molecule has 0 fully saturated rings. The van der Waals surface area contributed by atoms with Crippen LogP contribution in [-0.4, -0.2) is 0 Å². The van der Waals surface area contributed by atoms with E-state index >= 15 is 0 Å². The van der Waals surface area contributed by atoms with Crippen LogP contribution >= 0.6 is 57.6 Å². The minimum absolute atomic E-state index is 0.571. The molecule has 0 amide bonds. The van der Waals surface area contributed by atoms with E-state index in [1.807, 2.05) is 30.3 Å². The van der Waals surface area contributed by atoms with Gasteiger partial charge in [0.05, 0.1) is 10.0 Å². The van der Waals surface area contributed by atoms with Gasteiger partial charge in [-0.2, -0.15) is 0 Å². The predicted octanol–water partition coefficient (Wildman–Crippen LogP) is 5.33. The van der Waals surface area contributed by atoms with Crippen molar-refractivity contribution in [3.8, 4) is 0 Å². The molecule has 0 aliphatic carbocycles. The molecule has 0 atom stereocenters. The molecule has 88 valence electrons. The van der Waals surface area contributed by atoms with Crippen LogP contribution in [0.15, 0.2) is 46.2 Å². The second-order valence-corrected chi connectivity index (χ2v) is 6.46. The molecule has 0 heterocycles. The van der Waals surface area contributed by atoms with Crippen LogP contribution in [0.25, 0.3) is 0 Å². The Morgan fingerprint density at radius 2 is 1.76 bits per heavy atom. The molecule has 1 nitrogen and oxygen atoms in total. The molecule has 2 aromatic rings. The zero-order valence-corrected chi connectivity index (χ0v) is 13.1. The normalized spacial score (nSPS) is 10.5. The first-order chi connectivity index (χ1) is 8.06. The van der Waals surface area contributed by atoms with Crippen molar-refractivity contribution in [2.75, 3.05) is 5.73 Å². The fourth-order valence-corrected chi connectivity index (χ4v) is 3.36. The lowest BCUT2D eigenvalue weighted by Crippen LogP contribution is -1.86. The van der Waals surface area contributed by atoms with E-state index in [1.165, 1.54) is 0 Å². The Balaban J connectivity index is 2.28. The Morgan fingerprint density at radius 1 is 1.00 bits per heavy atom. The van der Waals surface area contributed by atoms with Crippen molar-refractivity contribution in [3.63, 3.8) is 0 Å². The molecule has 0 unspecified atom stereocenters. The van der Waals surface area contributed by atoms with Crippen LogP contribution in [-0.2, 0) is 0 Å². The molecular weight excluding hydrogens is 388 g/mol. The van der Waals surface area contributed by atoms with Gasteiger partial charge in [0, 0.05) is 19.0 Å². The highest BCUT2D eigenvalue weighted by molar-refractivity contribution is 14.1. The topological polar surface area (TPSA) is 26.0 Å². The molecular formula is C12H8Cl2INS. The Kier molecular flexibility index (Phi) is 4.47. The number of hydrogen-bond donors (Lipinski definition) is 1. The van der Waals surface area contributed by atoms with Gasteiger partial charge in [-0.25, -0.2) is 0 Å². The molecule has 0 saturated heterocycles. The second kappa shape index (κ2) is 5.69. The number of rotatable bonds is 2. The molecule has 2 N–H and O–H groups in total. The lowest BCUT2D eigenvalue weighted by atomic mass is 10.3. The van der Waals surface area contributed by atoms with E-state index in [1.54, 1.807) is 17.8 Å². The van der Waals surface area contributed by atoms with Crippen LogP contribution in [0.3, 0.4) is 0 Å². The van der Waals surface area contributed by atoms with E-state index in [-0.39, 0.29) is 0 Å². The molecule has 0 aromatic heterocycles. The highest BCUT2D eigenvalue weighted by Gasteiger charge is 2.05.